The van der Waals surface area contributed by atoms with Gasteiger partial charge in [0.1, 0.15) is 0 Å². The Labute approximate surface area is 486 Å². The second-order valence-electron chi connectivity index (χ2n) is 20.9. The first-order chi connectivity index (χ1) is 40.6. The highest BCUT2D eigenvalue weighted by molar-refractivity contribution is 7.89. The van der Waals surface area contributed by atoms with Crippen molar-refractivity contribution in [2.24, 2.45) is 0 Å². The lowest BCUT2D eigenvalue weighted by Gasteiger charge is -2.25. The zero-order chi connectivity index (χ0) is 57.8. The first kappa shape index (κ1) is 56.1. The molecule has 0 saturated carbocycles. The van der Waals surface area contributed by atoms with Crippen molar-refractivity contribution in [3.63, 3.8) is 0 Å². The van der Waals surface area contributed by atoms with Crippen LogP contribution in [0.15, 0.2) is 141 Å². The van der Waals surface area contributed by atoms with Crippen LogP contribution < -0.4 is 0 Å². The van der Waals surface area contributed by atoms with E-state index >= 15 is 0 Å². The molecule has 434 valence electrons. The molecule has 13 rings (SSSR count). The molecule has 6 aliphatic rings. The van der Waals surface area contributed by atoms with E-state index in [1.807, 2.05) is 48.6 Å². The standard InChI is InChI=1S/C60H58N8O12S4/c69-81(70,65-33-1-5-37-77-65)45-17-9-41(10-18-45)57-49-25-27-51(61-49)58(42-11-19-46(20-12-42)82(71,72)66-34-2-6-38-78-66)53-29-31-55(63-53)60(44-15-23-48(24-16-44)84(75,76)68-36-4-8-40-80-68)56-32-30-54(64-56)59(52-28-26-50(57)62-52)43-13-21-47(22-14-43)83(73,74)67-35-3-7-39-79-67/h9-32,61,64H,1-8,33-40H2. The van der Waals surface area contributed by atoms with E-state index in [9.17, 15) is 33.7 Å². The maximum absolute atomic E-state index is 13.9. The number of hydrogen-bond donors (Lipinski definition) is 2. The number of rotatable bonds is 12. The fourth-order valence-corrected chi connectivity index (χ4v) is 16.3. The minimum Gasteiger partial charge on any atom is -0.354 e. The van der Waals surface area contributed by atoms with Crippen molar-refractivity contribution >= 4 is 86.5 Å². The lowest BCUT2D eigenvalue weighted by molar-refractivity contribution is -0.108. The van der Waals surface area contributed by atoms with Crippen molar-refractivity contribution in [3.8, 4) is 44.5 Å². The molecule has 24 heteroatoms. The highest BCUT2D eigenvalue weighted by Crippen LogP contribution is 2.40. The summed E-state index contributed by atoms with van der Waals surface area (Å²) in [5, 5.41) is 0. The van der Waals surface area contributed by atoms with Crippen LogP contribution >= 0.6 is 0 Å². The van der Waals surface area contributed by atoms with Crippen LogP contribution in [0.4, 0.5) is 0 Å². The topological polar surface area (TPSA) is 244 Å². The molecule has 0 aliphatic carbocycles. The number of aromatic nitrogens is 4. The molecule has 6 aliphatic heterocycles. The fourth-order valence-electron chi connectivity index (χ4n) is 11.1. The molecule has 3 aromatic heterocycles. The van der Waals surface area contributed by atoms with Gasteiger partial charge in [-0.3, -0.25) is 19.4 Å². The Morgan fingerprint density at radius 3 is 0.702 bits per heavy atom. The molecule has 4 fully saturated rings. The van der Waals surface area contributed by atoms with Crippen LogP contribution in [0.25, 0.3) is 90.9 Å². The van der Waals surface area contributed by atoms with Gasteiger partial charge in [-0.05, 0) is 171 Å². The van der Waals surface area contributed by atoms with Gasteiger partial charge in [0.2, 0.25) is 0 Å². The van der Waals surface area contributed by atoms with Crippen molar-refractivity contribution in [3.05, 3.63) is 144 Å². The monoisotopic (exact) mass is 1210 g/mol. The quantitative estimate of drug-likeness (QED) is 0.116. The molecular formula is C60H58N8O12S4. The molecule has 84 heavy (non-hydrogen) atoms. The van der Waals surface area contributed by atoms with Crippen molar-refractivity contribution in [1.82, 2.24) is 37.8 Å². The van der Waals surface area contributed by atoms with Gasteiger partial charge in [0.25, 0.3) is 40.1 Å². The van der Waals surface area contributed by atoms with Crippen LogP contribution in [0, 0.1) is 0 Å². The minimum absolute atomic E-state index is 0.0518. The van der Waals surface area contributed by atoms with E-state index in [1.165, 1.54) is 0 Å². The Morgan fingerprint density at radius 1 is 0.298 bits per heavy atom. The molecule has 0 radical (unpaired) electrons. The minimum atomic E-state index is -4.00. The second kappa shape index (κ2) is 22.8. The summed E-state index contributed by atoms with van der Waals surface area (Å²) in [6.45, 7) is 2.11. The van der Waals surface area contributed by atoms with Gasteiger partial charge < -0.3 is 9.97 Å². The average molecular weight is 1210 g/mol. The summed E-state index contributed by atoms with van der Waals surface area (Å²) in [5.74, 6) is 0. The first-order valence-corrected chi connectivity index (χ1v) is 33.6. The smallest absolute Gasteiger partial charge is 0.265 e. The first-order valence-electron chi connectivity index (χ1n) is 27.9. The van der Waals surface area contributed by atoms with Crippen molar-refractivity contribution in [2.75, 3.05) is 52.6 Å². The fraction of sp³-hybridized carbons (Fsp3) is 0.267. The van der Waals surface area contributed by atoms with Crippen LogP contribution in [-0.2, 0) is 59.4 Å². The Kier molecular flexibility index (Phi) is 15.2. The maximum Gasteiger partial charge on any atom is 0.265 e. The summed E-state index contributed by atoms with van der Waals surface area (Å²) < 4.78 is 115. The van der Waals surface area contributed by atoms with E-state index in [0.717, 1.165) is 43.6 Å². The molecule has 20 nitrogen and oxygen atoms in total. The van der Waals surface area contributed by atoms with Crippen LogP contribution in [0.3, 0.4) is 0 Å². The van der Waals surface area contributed by atoms with E-state index < -0.39 is 40.1 Å². The van der Waals surface area contributed by atoms with E-state index in [0.29, 0.717) is 141 Å². The van der Waals surface area contributed by atoms with Gasteiger partial charge in [-0.2, -0.15) is 0 Å². The molecule has 4 aromatic carbocycles. The number of hydrogen-bond acceptors (Lipinski definition) is 14. The highest BCUT2D eigenvalue weighted by Gasteiger charge is 2.32. The molecule has 4 saturated heterocycles. The van der Waals surface area contributed by atoms with Crippen LogP contribution in [0.1, 0.15) is 74.1 Å². The highest BCUT2D eigenvalue weighted by atomic mass is 32.2. The number of fused-ring (bicyclic) bond motifs is 8. The summed E-state index contributed by atoms with van der Waals surface area (Å²) in [6, 6.07) is 33.8. The molecule has 8 bridgehead atoms. The molecule has 2 N–H and O–H groups in total. The van der Waals surface area contributed by atoms with Crippen LogP contribution in [0.5, 0.6) is 0 Å². The Hall–Kier alpha value is -7.04. The summed E-state index contributed by atoms with van der Waals surface area (Å²) in [4.78, 5) is 40.5. The summed E-state index contributed by atoms with van der Waals surface area (Å²) >= 11 is 0. The van der Waals surface area contributed by atoms with Gasteiger partial charge >= 0.3 is 0 Å². The van der Waals surface area contributed by atoms with Crippen molar-refractivity contribution < 1.29 is 53.0 Å². The Morgan fingerprint density at radius 2 is 0.512 bits per heavy atom. The van der Waals surface area contributed by atoms with Gasteiger partial charge in [-0.1, -0.05) is 66.4 Å². The molecule has 0 amide bonds. The van der Waals surface area contributed by atoms with Crippen molar-refractivity contribution in [2.45, 2.75) is 70.9 Å². The number of hydroxylamine groups is 4. The zero-order valence-corrected chi connectivity index (χ0v) is 48.7. The number of H-pyrrole nitrogens is 2. The third-order valence-electron chi connectivity index (χ3n) is 15.5. The third kappa shape index (κ3) is 10.6. The molecular weight excluding hydrogens is 1150 g/mol. The predicted molar refractivity (Wildman–Crippen MR) is 317 cm³/mol. The van der Waals surface area contributed by atoms with Gasteiger partial charge in [-0.25, -0.2) is 43.6 Å². The summed E-state index contributed by atoms with van der Waals surface area (Å²) in [6.07, 6.45) is 13.2. The molecule has 0 atom stereocenters. The molecule has 7 aromatic rings. The second-order valence-corrected chi connectivity index (χ2v) is 28.2. The van der Waals surface area contributed by atoms with Crippen LogP contribution in [0.2, 0.25) is 0 Å². The maximum atomic E-state index is 13.9. The zero-order valence-electron chi connectivity index (χ0n) is 45.4. The summed E-state index contributed by atoms with van der Waals surface area (Å²) in [7, 11) is -16.0. The number of nitrogens with one attached hydrogen (secondary N) is 2. The SMILES string of the molecule is O=S(=O)(c1ccc(-c2c3nc(c(-c4ccc(S(=O)(=O)N5CCCCO5)cc4)c4ccc([nH]4)c(-c4ccc(S(=O)(=O)N5CCCCO5)cc4)c4nc(c(-c5ccc(S(=O)(=O)N6CCCCO6)cc5)c5ccc2[nH]5)C=C4)C=C3)cc1)N1CCCCO1. The van der Waals surface area contributed by atoms with Gasteiger partial charge in [-0.15, -0.1) is 0 Å². The normalized spacial score (nSPS) is 18.1. The number of benzene rings is 4. The molecule has 9 heterocycles. The lowest BCUT2D eigenvalue weighted by atomic mass is 10.0. The molecule has 0 unspecified atom stereocenters. The van der Waals surface area contributed by atoms with E-state index in [4.69, 9.17) is 29.3 Å². The Bertz CT molecular complexity index is 3840. The van der Waals surface area contributed by atoms with Gasteiger partial charge in [0.05, 0.1) is 68.8 Å². The van der Waals surface area contributed by atoms with Gasteiger partial charge in [0.15, 0.2) is 0 Å². The Balaban J connectivity index is 1.05. The number of aromatic amines is 2. The van der Waals surface area contributed by atoms with E-state index in [2.05, 4.69) is 9.97 Å². The van der Waals surface area contributed by atoms with E-state index in [1.54, 1.807) is 97.1 Å². The van der Waals surface area contributed by atoms with E-state index in [-0.39, 0.29) is 45.8 Å². The molecule has 0 spiro atoms. The summed E-state index contributed by atoms with van der Waals surface area (Å²) in [5.41, 5.74) is 9.34. The average Bonchev–Trinajstić information content (AvgIpc) is 4.56. The van der Waals surface area contributed by atoms with Gasteiger partial charge in [0, 0.05) is 70.5 Å². The lowest BCUT2D eigenvalue weighted by Crippen LogP contribution is -2.35. The van der Waals surface area contributed by atoms with Crippen LogP contribution in [-0.4, -0.2) is 124 Å². The third-order valence-corrected chi connectivity index (χ3v) is 22.2. The largest absolute Gasteiger partial charge is 0.354 e. The number of nitrogens with zero attached hydrogens (tertiary/aromatic N) is 6. The number of sulfonamides is 4. The van der Waals surface area contributed by atoms with Crippen molar-refractivity contribution in [1.29, 1.82) is 0 Å². The predicted octanol–water partition coefficient (Wildman–Crippen LogP) is 10.2.